The number of benzene rings is 1. The molecule has 0 saturated carbocycles. The zero-order valence-corrected chi connectivity index (χ0v) is 17.1. The van der Waals surface area contributed by atoms with Gasteiger partial charge in [0.25, 0.3) is 0 Å². The number of ether oxygens (including phenoxy) is 1. The zero-order chi connectivity index (χ0) is 19.9. The van der Waals surface area contributed by atoms with E-state index in [0.717, 1.165) is 49.5 Å². The van der Waals surface area contributed by atoms with Crippen LogP contribution in [0.25, 0.3) is 0 Å². The number of carbonyl (C=O) groups excluding carboxylic acids is 1. The maximum absolute atomic E-state index is 13.0. The molecule has 1 aliphatic rings. The van der Waals surface area contributed by atoms with Crippen molar-refractivity contribution in [2.24, 2.45) is 11.8 Å². The first-order chi connectivity index (χ1) is 13.6. The van der Waals surface area contributed by atoms with E-state index in [1.54, 1.807) is 13.3 Å². The number of likely N-dealkylation sites (tertiary alicyclic amines) is 1. The summed E-state index contributed by atoms with van der Waals surface area (Å²) in [7, 11) is 1.65. The fourth-order valence-electron chi connectivity index (χ4n) is 3.85. The molecule has 1 fully saturated rings. The molecule has 0 spiro atoms. The van der Waals surface area contributed by atoms with Crippen molar-refractivity contribution in [3.63, 3.8) is 0 Å². The lowest BCUT2D eigenvalue weighted by Gasteiger charge is -2.33. The monoisotopic (exact) mass is 381 g/mol. The van der Waals surface area contributed by atoms with E-state index in [1.807, 2.05) is 42.5 Å². The van der Waals surface area contributed by atoms with Crippen molar-refractivity contribution >= 4 is 5.91 Å². The van der Waals surface area contributed by atoms with E-state index >= 15 is 0 Å². The molecule has 1 atom stereocenters. The molecule has 5 heteroatoms. The van der Waals surface area contributed by atoms with E-state index in [9.17, 15) is 4.79 Å². The van der Waals surface area contributed by atoms with Gasteiger partial charge in [0.05, 0.1) is 18.8 Å². The lowest BCUT2D eigenvalue weighted by Crippen LogP contribution is -2.42. The third-order valence-electron chi connectivity index (χ3n) is 5.28. The molecule has 2 aromatic rings. The van der Waals surface area contributed by atoms with Gasteiger partial charge >= 0.3 is 0 Å². The van der Waals surface area contributed by atoms with Gasteiger partial charge in [0.2, 0.25) is 5.91 Å². The normalized spacial score (nSPS) is 16.7. The number of carbonyl (C=O) groups is 1. The molecule has 3 rings (SSSR count). The van der Waals surface area contributed by atoms with E-state index in [2.05, 4.69) is 29.0 Å². The fraction of sp³-hybridized carbons (Fsp3) is 0.478. The van der Waals surface area contributed by atoms with Crippen molar-refractivity contribution in [2.75, 3.05) is 26.7 Å². The topological polar surface area (TPSA) is 54.5 Å². The predicted molar refractivity (Wildman–Crippen MR) is 111 cm³/mol. The van der Waals surface area contributed by atoms with E-state index in [4.69, 9.17) is 4.74 Å². The summed E-state index contributed by atoms with van der Waals surface area (Å²) in [5.41, 5.74) is 1.81. The van der Waals surface area contributed by atoms with Crippen LogP contribution in [0, 0.1) is 11.8 Å². The van der Waals surface area contributed by atoms with E-state index in [-0.39, 0.29) is 17.9 Å². The van der Waals surface area contributed by atoms with Crippen LogP contribution in [0.2, 0.25) is 0 Å². The minimum absolute atomic E-state index is 0.0558. The van der Waals surface area contributed by atoms with Gasteiger partial charge in [-0.1, -0.05) is 32.0 Å². The number of hydrogen-bond acceptors (Lipinski definition) is 4. The van der Waals surface area contributed by atoms with Crippen molar-refractivity contribution in [1.29, 1.82) is 0 Å². The number of amides is 1. The molecule has 1 aromatic heterocycles. The van der Waals surface area contributed by atoms with Crippen LogP contribution in [0.15, 0.2) is 48.7 Å². The lowest BCUT2D eigenvalue weighted by atomic mass is 9.94. The molecule has 1 aliphatic heterocycles. The van der Waals surface area contributed by atoms with Gasteiger partial charge in [-0.15, -0.1) is 0 Å². The summed E-state index contributed by atoms with van der Waals surface area (Å²) in [6, 6.07) is 13.3. The minimum Gasteiger partial charge on any atom is -0.497 e. The second kappa shape index (κ2) is 9.69. The molecule has 5 nitrogen and oxygen atoms in total. The number of nitrogens with zero attached hydrogens (tertiary/aromatic N) is 2. The molecule has 150 valence electrons. The van der Waals surface area contributed by atoms with Crippen LogP contribution in [0.3, 0.4) is 0 Å². The molecular weight excluding hydrogens is 350 g/mol. The molecule has 2 heterocycles. The Kier molecular flexibility index (Phi) is 7.04. The van der Waals surface area contributed by atoms with E-state index in [1.165, 1.54) is 0 Å². The van der Waals surface area contributed by atoms with Crippen LogP contribution in [0.5, 0.6) is 5.75 Å². The summed E-state index contributed by atoms with van der Waals surface area (Å²) >= 11 is 0. The van der Waals surface area contributed by atoms with E-state index < -0.39 is 0 Å². The summed E-state index contributed by atoms with van der Waals surface area (Å²) in [6.07, 6.45) is 3.58. The van der Waals surface area contributed by atoms with Crippen molar-refractivity contribution in [2.45, 2.75) is 32.7 Å². The Labute approximate surface area is 168 Å². The van der Waals surface area contributed by atoms with Crippen LogP contribution < -0.4 is 10.1 Å². The molecular formula is C23H31N3O2. The first-order valence-corrected chi connectivity index (χ1v) is 10.1. The Bertz CT molecular complexity index is 755. The summed E-state index contributed by atoms with van der Waals surface area (Å²) in [5.74, 6) is 1.60. The van der Waals surface area contributed by atoms with Crippen LogP contribution in [-0.2, 0) is 4.79 Å². The quantitative estimate of drug-likeness (QED) is 0.795. The van der Waals surface area contributed by atoms with Gasteiger partial charge in [-0.05, 0) is 61.7 Å². The van der Waals surface area contributed by atoms with Gasteiger partial charge in [-0.3, -0.25) is 9.78 Å². The van der Waals surface area contributed by atoms with Gasteiger partial charge in [0.1, 0.15) is 5.75 Å². The van der Waals surface area contributed by atoms with Crippen molar-refractivity contribution in [3.05, 3.63) is 59.9 Å². The number of rotatable bonds is 7. The Morgan fingerprint density at radius 2 is 2.00 bits per heavy atom. The molecule has 0 bridgehead atoms. The molecule has 1 aromatic carbocycles. The number of methoxy groups -OCH3 is 1. The Hall–Kier alpha value is -2.40. The fourth-order valence-corrected chi connectivity index (χ4v) is 3.85. The van der Waals surface area contributed by atoms with E-state index in [0.29, 0.717) is 5.92 Å². The number of pyridine rings is 1. The summed E-state index contributed by atoms with van der Waals surface area (Å²) < 4.78 is 5.37. The second-order valence-electron chi connectivity index (χ2n) is 7.94. The molecule has 1 N–H and O–H groups in total. The number of hydrogen-bond donors (Lipinski definition) is 1. The van der Waals surface area contributed by atoms with Crippen LogP contribution in [0.4, 0.5) is 0 Å². The summed E-state index contributed by atoms with van der Waals surface area (Å²) in [5, 5.41) is 3.25. The predicted octanol–water partition coefficient (Wildman–Crippen LogP) is 3.66. The Morgan fingerprint density at radius 3 is 2.64 bits per heavy atom. The summed E-state index contributed by atoms with van der Waals surface area (Å²) in [4.78, 5) is 20.0. The number of aromatic nitrogens is 1. The van der Waals surface area contributed by atoms with Gasteiger partial charge in [-0.25, -0.2) is 0 Å². The standard InChI is InChI=1S/C23H31N3O2/c1-17(2)16-26-13-10-18(11-14-26)23(27)25-22(21-9-4-5-12-24-21)19-7-6-8-20(15-19)28-3/h4-9,12,15,17-18,22H,10-11,13-14,16H2,1-3H3,(H,25,27). The molecule has 0 radical (unpaired) electrons. The SMILES string of the molecule is COc1cccc(C(NC(=O)C2CCN(CC(C)C)CC2)c2ccccn2)c1. The molecule has 28 heavy (non-hydrogen) atoms. The average molecular weight is 382 g/mol. The highest BCUT2D eigenvalue weighted by molar-refractivity contribution is 5.79. The highest BCUT2D eigenvalue weighted by Gasteiger charge is 2.28. The third-order valence-corrected chi connectivity index (χ3v) is 5.28. The van der Waals surface area contributed by atoms with Crippen molar-refractivity contribution in [3.8, 4) is 5.75 Å². The largest absolute Gasteiger partial charge is 0.497 e. The highest BCUT2D eigenvalue weighted by Crippen LogP contribution is 2.26. The third kappa shape index (κ3) is 5.32. The van der Waals surface area contributed by atoms with Crippen LogP contribution >= 0.6 is 0 Å². The molecule has 1 saturated heterocycles. The number of nitrogens with one attached hydrogen (secondary N) is 1. The molecule has 1 amide bonds. The lowest BCUT2D eigenvalue weighted by molar-refractivity contribution is -0.127. The van der Waals surface area contributed by atoms with Gasteiger partial charge < -0.3 is 15.0 Å². The highest BCUT2D eigenvalue weighted by atomic mass is 16.5. The average Bonchev–Trinajstić information content (AvgIpc) is 2.72. The van der Waals surface area contributed by atoms with Crippen molar-refractivity contribution < 1.29 is 9.53 Å². The maximum Gasteiger partial charge on any atom is 0.224 e. The summed E-state index contributed by atoms with van der Waals surface area (Å²) in [6.45, 7) is 7.57. The van der Waals surface area contributed by atoms with Gasteiger partial charge in [-0.2, -0.15) is 0 Å². The van der Waals surface area contributed by atoms with Gasteiger partial charge in [0.15, 0.2) is 0 Å². The molecule has 0 aliphatic carbocycles. The minimum atomic E-state index is -0.280. The van der Waals surface area contributed by atoms with Crippen LogP contribution in [0.1, 0.15) is 44.0 Å². The number of piperidine rings is 1. The first kappa shape index (κ1) is 20.3. The van der Waals surface area contributed by atoms with Crippen LogP contribution in [-0.4, -0.2) is 42.5 Å². The second-order valence-corrected chi connectivity index (χ2v) is 7.94. The molecule has 1 unspecified atom stereocenters. The first-order valence-electron chi connectivity index (χ1n) is 10.1. The maximum atomic E-state index is 13.0. The Balaban J connectivity index is 1.72. The van der Waals surface area contributed by atoms with Crippen molar-refractivity contribution in [1.82, 2.24) is 15.2 Å². The Morgan fingerprint density at radius 1 is 1.21 bits per heavy atom. The smallest absolute Gasteiger partial charge is 0.224 e. The zero-order valence-electron chi connectivity index (χ0n) is 17.1. The van der Waals surface area contributed by atoms with Gasteiger partial charge in [0, 0.05) is 18.7 Å².